The van der Waals surface area contributed by atoms with Crippen LogP contribution < -0.4 is 11.0 Å². The van der Waals surface area contributed by atoms with Crippen molar-refractivity contribution in [3.63, 3.8) is 0 Å². The Hall–Kier alpha value is -3.30. The lowest BCUT2D eigenvalue weighted by atomic mass is 10.2. The highest BCUT2D eigenvalue weighted by Crippen LogP contribution is 2.22. The SMILES string of the molecule is C/C(=N/NC(=O)CSc1nc2ccccc2c(=O)n1-c1ccc(Br)cc1)c1ccncc1. The van der Waals surface area contributed by atoms with Crippen LogP contribution in [0, 0.1) is 0 Å². The normalized spacial score (nSPS) is 11.5. The number of benzene rings is 2. The summed E-state index contributed by atoms with van der Waals surface area (Å²) in [5, 5.41) is 5.09. The highest BCUT2D eigenvalue weighted by atomic mass is 79.9. The maximum atomic E-state index is 13.2. The average Bonchev–Trinajstić information content (AvgIpc) is 2.82. The highest BCUT2D eigenvalue weighted by molar-refractivity contribution is 9.10. The van der Waals surface area contributed by atoms with Crippen LogP contribution in [0.5, 0.6) is 0 Å². The zero-order valence-electron chi connectivity index (χ0n) is 17.0. The number of para-hydroxylation sites is 1. The van der Waals surface area contributed by atoms with Crippen LogP contribution in [0.2, 0.25) is 0 Å². The van der Waals surface area contributed by atoms with Gasteiger partial charge in [-0.15, -0.1) is 0 Å². The molecule has 0 aliphatic carbocycles. The lowest BCUT2D eigenvalue weighted by molar-refractivity contribution is -0.118. The second-order valence-corrected chi connectivity index (χ2v) is 8.64. The van der Waals surface area contributed by atoms with Gasteiger partial charge in [0.05, 0.1) is 28.1 Å². The molecule has 2 aromatic heterocycles. The number of amides is 1. The first kappa shape index (κ1) is 21.9. The molecule has 1 N–H and O–H groups in total. The third-order valence-electron chi connectivity index (χ3n) is 4.61. The number of rotatable bonds is 6. The number of nitrogens with zero attached hydrogens (tertiary/aromatic N) is 4. The van der Waals surface area contributed by atoms with Crippen LogP contribution in [-0.2, 0) is 4.79 Å². The van der Waals surface area contributed by atoms with Crippen LogP contribution in [0.4, 0.5) is 0 Å². The maximum Gasteiger partial charge on any atom is 0.266 e. The first-order chi connectivity index (χ1) is 15.5. The van der Waals surface area contributed by atoms with Crippen LogP contribution in [0.1, 0.15) is 12.5 Å². The van der Waals surface area contributed by atoms with Gasteiger partial charge in [-0.2, -0.15) is 5.10 Å². The van der Waals surface area contributed by atoms with Gasteiger partial charge in [0.25, 0.3) is 11.5 Å². The van der Waals surface area contributed by atoms with Crippen molar-refractivity contribution in [3.05, 3.63) is 93.4 Å². The molecular formula is C23H18BrN5O2S. The molecule has 0 bridgehead atoms. The van der Waals surface area contributed by atoms with Crippen molar-refractivity contribution in [2.75, 3.05) is 5.75 Å². The second kappa shape index (κ2) is 9.88. The van der Waals surface area contributed by atoms with E-state index < -0.39 is 0 Å². The molecule has 1 amide bonds. The molecule has 32 heavy (non-hydrogen) atoms. The van der Waals surface area contributed by atoms with Crippen molar-refractivity contribution in [1.82, 2.24) is 20.0 Å². The lowest BCUT2D eigenvalue weighted by Gasteiger charge is -2.13. The summed E-state index contributed by atoms with van der Waals surface area (Å²) in [4.78, 5) is 34.3. The molecule has 0 saturated carbocycles. The average molecular weight is 508 g/mol. The minimum absolute atomic E-state index is 0.0500. The third kappa shape index (κ3) is 4.95. The molecule has 160 valence electrons. The molecule has 2 heterocycles. The number of carbonyl (C=O) groups excluding carboxylic acids is 1. The van der Waals surface area contributed by atoms with Gasteiger partial charge in [-0.05, 0) is 55.5 Å². The summed E-state index contributed by atoms with van der Waals surface area (Å²) < 4.78 is 2.43. The van der Waals surface area contributed by atoms with Crippen molar-refractivity contribution >= 4 is 50.2 Å². The molecular weight excluding hydrogens is 490 g/mol. The van der Waals surface area contributed by atoms with Gasteiger partial charge in [0, 0.05) is 22.4 Å². The molecule has 2 aromatic carbocycles. The lowest BCUT2D eigenvalue weighted by Crippen LogP contribution is -2.24. The quantitative estimate of drug-likeness (QED) is 0.183. The van der Waals surface area contributed by atoms with Gasteiger partial charge in [-0.25, -0.2) is 10.4 Å². The Balaban J connectivity index is 1.59. The largest absolute Gasteiger partial charge is 0.272 e. The third-order valence-corrected chi connectivity index (χ3v) is 6.08. The number of fused-ring (bicyclic) bond motifs is 1. The van der Waals surface area contributed by atoms with Crippen molar-refractivity contribution in [1.29, 1.82) is 0 Å². The van der Waals surface area contributed by atoms with E-state index in [4.69, 9.17) is 0 Å². The van der Waals surface area contributed by atoms with Gasteiger partial charge in [-0.1, -0.05) is 39.8 Å². The van der Waals surface area contributed by atoms with E-state index in [2.05, 4.69) is 36.4 Å². The van der Waals surface area contributed by atoms with E-state index in [1.54, 1.807) is 37.5 Å². The van der Waals surface area contributed by atoms with Gasteiger partial charge in [0.15, 0.2) is 5.16 Å². The predicted octanol–water partition coefficient (Wildman–Crippen LogP) is 4.18. The Morgan fingerprint density at radius 1 is 1.09 bits per heavy atom. The van der Waals surface area contributed by atoms with Gasteiger partial charge in [-0.3, -0.25) is 19.1 Å². The van der Waals surface area contributed by atoms with E-state index in [1.807, 2.05) is 42.5 Å². The molecule has 9 heteroatoms. The summed E-state index contributed by atoms with van der Waals surface area (Å²) in [6, 6.07) is 18.2. The topological polar surface area (TPSA) is 89.2 Å². The number of hydrogen-bond donors (Lipinski definition) is 1. The molecule has 0 unspecified atom stereocenters. The van der Waals surface area contributed by atoms with Crippen LogP contribution in [0.3, 0.4) is 0 Å². The van der Waals surface area contributed by atoms with E-state index in [1.165, 1.54) is 16.3 Å². The fourth-order valence-electron chi connectivity index (χ4n) is 2.99. The minimum atomic E-state index is -0.298. The van der Waals surface area contributed by atoms with E-state index >= 15 is 0 Å². The number of pyridine rings is 1. The molecule has 7 nitrogen and oxygen atoms in total. The molecule has 0 fully saturated rings. The van der Waals surface area contributed by atoms with Gasteiger partial charge in [0.2, 0.25) is 0 Å². The Kier molecular flexibility index (Phi) is 6.77. The fourth-order valence-corrected chi connectivity index (χ4v) is 4.06. The van der Waals surface area contributed by atoms with Crippen LogP contribution in [-0.4, -0.2) is 31.9 Å². The fraction of sp³-hybridized carbons (Fsp3) is 0.0870. The highest BCUT2D eigenvalue weighted by Gasteiger charge is 2.15. The summed E-state index contributed by atoms with van der Waals surface area (Å²) in [7, 11) is 0. The Morgan fingerprint density at radius 3 is 2.56 bits per heavy atom. The minimum Gasteiger partial charge on any atom is -0.272 e. The zero-order chi connectivity index (χ0) is 22.5. The smallest absolute Gasteiger partial charge is 0.266 e. The Bertz CT molecular complexity index is 1350. The standard InChI is InChI=1S/C23H18BrN5O2S/c1-15(16-10-12-25-13-11-16)27-28-21(30)14-32-23-26-20-5-3-2-4-19(20)22(31)29(23)18-8-6-17(24)7-9-18/h2-13H,14H2,1H3,(H,28,30)/b27-15-. The number of aromatic nitrogens is 3. The number of thioether (sulfide) groups is 1. The van der Waals surface area contributed by atoms with Crippen LogP contribution in [0.25, 0.3) is 16.6 Å². The van der Waals surface area contributed by atoms with E-state index in [-0.39, 0.29) is 17.2 Å². The summed E-state index contributed by atoms with van der Waals surface area (Å²) in [5.41, 5.74) is 5.16. The Morgan fingerprint density at radius 2 is 1.81 bits per heavy atom. The van der Waals surface area contributed by atoms with Crippen molar-refractivity contribution < 1.29 is 4.79 Å². The van der Waals surface area contributed by atoms with Gasteiger partial charge >= 0.3 is 0 Å². The summed E-state index contributed by atoms with van der Waals surface area (Å²) in [5.74, 6) is -0.248. The maximum absolute atomic E-state index is 13.2. The number of nitrogens with one attached hydrogen (secondary N) is 1. The predicted molar refractivity (Wildman–Crippen MR) is 130 cm³/mol. The zero-order valence-corrected chi connectivity index (χ0v) is 19.4. The van der Waals surface area contributed by atoms with E-state index in [0.29, 0.717) is 27.5 Å². The summed E-state index contributed by atoms with van der Waals surface area (Å²) >= 11 is 4.59. The summed E-state index contributed by atoms with van der Waals surface area (Å²) in [6.45, 7) is 1.80. The van der Waals surface area contributed by atoms with Crippen molar-refractivity contribution in [2.24, 2.45) is 5.10 Å². The second-order valence-electron chi connectivity index (χ2n) is 6.79. The van der Waals surface area contributed by atoms with E-state index in [0.717, 1.165) is 10.0 Å². The molecule has 0 atom stereocenters. The number of halogens is 1. The van der Waals surface area contributed by atoms with Crippen molar-refractivity contribution in [2.45, 2.75) is 12.1 Å². The molecule has 0 aliphatic heterocycles. The molecule has 0 saturated heterocycles. The van der Waals surface area contributed by atoms with Crippen LogP contribution in [0.15, 0.2) is 92.6 Å². The molecule has 0 spiro atoms. The van der Waals surface area contributed by atoms with Crippen molar-refractivity contribution in [3.8, 4) is 5.69 Å². The molecule has 0 aliphatic rings. The number of hydrazone groups is 1. The first-order valence-corrected chi connectivity index (χ1v) is 11.4. The van der Waals surface area contributed by atoms with E-state index in [9.17, 15) is 9.59 Å². The van der Waals surface area contributed by atoms with Gasteiger partial charge < -0.3 is 0 Å². The number of carbonyl (C=O) groups is 1. The monoisotopic (exact) mass is 507 g/mol. The molecule has 4 aromatic rings. The summed E-state index contributed by atoms with van der Waals surface area (Å²) in [6.07, 6.45) is 3.33. The van der Waals surface area contributed by atoms with Gasteiger partial charge in [0.1, 0.15) is 0 Å². The molecule has 0 radical (unpaired) electrons. The Labute approximate surface area is 196 Å². The first-order valence-electron chi connectivity index (χ1n) is 9.67. The van der Waals surface area contributed by atoms with Crippen LogP contribution >= 0.6 is 27.7 Å². The number of hydrogen-bond acceptors (Lipinski definition) is 6. The molecule has 4 rings (SSSR count).